The Labute approximate surface area is 125 Å². The van der Waals surface area contributed by atoms with E-state index in [1.165, 1.54) is 30.5 Å². The van der Waals surface area contributed by atoms with Gasteiger partial charge in [0.25, 0.3) is 5.69 Å². The van der Waals surface area contributed by atoms with Crippen molar-refractivity contribution in [3.05, 3.63) is 70.3 Å². The molecule has 0 N–H and O–H groups in total. The van der Waals surface area contributed by atoms with E-state index >= 15 is 0 Å². The number of amides is 1. The van der Waals surface area contributed by atoms with Crippen molar-refractivity contribution in [2.75, 3.05) is 5.01 Å². The standard InChI is InChI=1S/C14H10ClN3O3/c15-14(19)17(12-4-2-1-3-5-12)16-10-11-6-8-13(9-7-11)18(20)21/h1-10H/b16-10+. The summed E-state index contributed by atoms with van der Waals surface area (Å²) < 4.78 is 0. The van der Waals surface area contributed by atoms with E-state index in [4.69, 9.17) is 11.6 Å². The summed E-state index contributed by atoms with van der Waals surface area (Å²) in [5.74, 6) is 0. The molecule has 0 radical (unpaired) electrons. The summed E-state index contributed by atoms with van der Waals surface area (Å²) in [5, 5.41) is 14.8. The Hall–Kier alpha value is -2.73. The summed E-state index contributed by atoms with van der Waals surface area (Å²) >= 11 is 5.50. The van der Waals surface area contributed by atoms with Crippen LogP contribution in [0.4, 0.5) is 16.2 Å². The summed E-state index contributed by atoms with van der Waals surface area (Å²) in [6.07, 6.45) is 1.40. The number of halogens is 1. The lowest BCUT2D eigenvalue weighted by Crippen LogP contribution is -2.18. The van der Waals surface area contributed by atoms with Crippen molar-refractivity contribution in [1.29, 1.82) is 0 Å². The van der Waals surface area contributed by atoms with Crippen LogP contribution in [0, 0.1) is 10.1 Å². The van der Waals surface area contributed by atoms with Gasteiger partial charge in [-0.2, -0.15) is 10.1 Å². The number of nitrogens with zero attached hydrogens (tertiary/aromatic N) is 3. The van der Waals surface area contributed by atoms with E-state index in [1.54, 1.807) is 30.3 Å². The average molecular weight is 304 g/mol. The normalized spacial score (nSPS) is 10.5. The van der Waals surface area contributed by atoms with Gasteiger partial charge in [-0.25, -0.2) is 0 Å². The van der Waals surface area contributed by atoms with Crippen LogP contribution in [0.15, 0.2) is 59.7 Å². The number of nitro benzene ring substituents is 1. The molecular formula is C14H10ClN3O3. The molecule has 2 aromatic rings. The fourth-order valence-corrected chi connectivity index (χ4v) is 1.73. The van der Waals surface area contributed by atoms with Gasteiger partial charge in [0.1, 0.15) is 0 Å². The third-order valence-corrected chi connectivity index (χ3v) is 2.75. The SMILES string of the molecule is O=C(Cl)N(/N=C/c1ccc([N+](=O)[O-])cc1)c1ccccc1. The number of hydrazone groups is 1. The highest BCUT2D eigenvalue weighted by Gasteiger charge is 2.11. The number of carbonyl (C=O) groups is 1. The molecular weight excluding hydrogens is 294 g/mol. The second kappa shape index (κ2) is 6.62. The molecule has 0 heterocycles. The van der Waals surface area contributed by atoms with Crippen molar-refractivity contribution < 1.29 is 9.72 Å². The number of carbonyl (C=O) groups excluding carboxylic acids is 1. The van der Waals surface area contributed by atoms with E-state index in [0.717, 1.165) is 5.01 Å². The molecule has 0 saturated heterocycles. The summed E-state index contributed by atoms with van der Waals surface area (Å²) in [6.45, 7) is 0. The highest BCUT2D eigenvalue weighted by molar-refractivity contribution is 6.66. The largest absolute Gasteiger partial charge is 0.341 e. The fourth-order valence-electron chi connectivity index (χ4n) is 1.59. The maximum Gasteiger partial charge on any atom is 0.341 e. The summed E-state index contributed by atoms with van der Waals surface area (Å²) in [7, 11) is 0. The zero-order valence-corrected chi connectivity index (χ0v) is 11.5. The Bertz CT molecular complexity index is 672. The highest BCUT2D eigenvalue weighted by Crippen LogP contribution is 2.16. The molecule has 0 aliphatic rings. The second-order valence-electron chi connectivity index (χ2n) is 3.99. The third-order valence-electron chi connectivity index (χ3n) is 2.59. The maximum atomic E-state index is 11.4. The zero-order chi connectivity index (χ0) is 15.2. The lowest BCUT2D eigenvalue weighted by Gasteiger charge is -2.12. The first-order valence-electron chi connectivity index (χ1n) is 5.91. The molecule has 0 saturated carbocycles. The minimum atomic E-state index is -0.751. The van der Waals surface area contributed by atoms with Crippen LogP contribution in [0.1, 0.15) is 5.56 Å². The monoisotopic (exact) mass is 303 g/mol. The van der Waals surface area contributed by atoms with Crippen molar-refractivity contribution in [2.24, 2.45) is 5.10 Å². The van der Waals surface area contributed by atoms with Crippen LogP contribution in [0.25, 0.3) is 0 Å². The number of hydrogen-bond acceptors (Lipinski definition) is 4. The molecule has 7 heteroatoms. The third kappa shape index (κ3) is 3.87. The molecule has 106 valence electrons. The van der Waals surface area contributed by atoms with E-state index in [1.807, 2.05) is 0 Å². The molecule has 1 amide bonds. The van der Waals surface area contributed by atoms with Gasteiger partial charge in [-0.3, -0.25) is 14.9 Å². The Morgan fingerprint density at radius 1 is 1.14 bits per heavy atom. The number of benzene rings is 2. The quantitative estimate of drug-likeness (QED) is 0.283. The Balaban J connectivity index is 2.21. The van der Waals surface area contributed by atoms with Gasteiger partial charge < -0.3 is 0 Å². The first-order valence-corrected chi connectivity index (χ1v) is 6.29. The summed E-state index contributed by atoms with van der Waals surface area (Å²) in [5.41, 5.74) is 1.12. The number of rotatable bonds is 4. The molecule has 0 bridgehead atoms. The number of non-ortho nitro benzene ring substituents is 1. The Morgan fingerprint density at radius 3 is 2.29 bits per heavy atom. The molecule has 0 atom stereocenters. The van der Waals surface area contributed by atoms with E-state index in [0.29, 0.717) is 11.3 Å². The predicted octanol–water partition coefficient (Wildman–Crippen LogP) is 3.79. The lowest BCUT2D eigenvalue weighted by atomic mass is 10.2. The first-order chi connectivity index (χ1) is 10.1. The van der Waals surface area contributed by atoms with Crippen LogP contribution < -0.4 is 5.01 Å². The molecule has 0 spiro atoms. The van der Waals surface area contributed by atoms with Crippen LogP contribution in [0.3, 0.4) is 0 Å². The van der Waals surface area contributed by atoms with Gasteiger partial charge in [-0.15, -0.1) is 0 Å². The molecule has 0 unspecified atom stereocenters. The van der Waals surface area contributed by atoms with Crippen molar-refractivity contribution >= 4 is 34.6 Å². The second-order valence-corrected chi connectivity index (χ2v) is 4.32. The fraction of sp³-hybridized carbons (Fsp3) is 0. The lowest BCUT2D eigenvalue weighted by molar-refractivity contribution is -0.384. The molecule has 21 heavy (non-hydrogen) atoms. The van der Waals surface area contributed by atoms with Gasteiger partial charge in [0.05, 0.1) is 16.8 Å². The minimum Gasteiger partial charge on any atom is -0.258 e. The molecule has 0 aromatic heterocycles. The van der Waals surface area contributed by atoms with Crippen molar-refractivity contribution in [3.8, 4) is 0 Å². The predicted molar refractivity (Wildman–Crippen MR) is 80.9 cm³/mol. The molecule has 6 nitrogen and oxygen atoms in total. The van der Waals surface area contributed by atoms with Gasteiger partial charge in [0.2, 0.25) is 0 Å². The number of para-hydroxylation sites is 1. The molecule has 2 aromatic carbocycles. The van der Waals surface area contributed by atoms with Crippen molar-refractivity contribution in [3.63, 3.8) is 0 Å². The minimum absolute atomic E-state index is 0.0134. The smallest absolute Gasteiger partial charge is 0.258 e. The van der Waals surface area contributed by atoms with Crippen LogP contribution in [0.5, 0.6) is 0 Å². The van der Waals surface area contributed by atoms with E-state index in [2.05, 4.69) is 5.10 Å². The van der Waals surface area contributed by atoms with Crippen LogP contribution >= 0.6 is 11.6 Å². The van der Waals surface area contributed by atoms with Crippen LogP contribution in [-0.2, 0) is 0 Å². The Kier molecular flexibility index (Phi) is 4.63. The number of anilines is 1. The van der Waals surface area contributed by atoms with Crippen molar-refractivity contribution in [1.82, 2.24) is 0 Å². The molecule has 0 fully saturated rings. The Morgan fingerprint density at radius 2 is 1.76 bits per heavy atom. The number of nitro groups is 1. The molecule has 2 rings (SSSR count). The van der Waals surface area contributed by atoms with Gasteiger partial charge >= 0.3 is 5.37 Å². The van der Waals surface area contributed by atoms with Gasteiger partial charge in [-0.05, 0) is 41.4 Å². The molecule has 0 aliphatic carbocycles. The average Bonchev–Trinajstić information content (AvgIpc) is 2.48. The van der Waals surface area contributed by atoms with E-state index < -0.39 is 10.3 Å². The first kappa shape index (κ1) is 14.7. The topological polar surface area (TPSA) is 75.8 Å². The van der Waals surface area contributed by atoms with E-state index in [-0.39, 0.29) is 5.69 Å². The van der Waals surface area contributed by atoms with Crippen molar-refractivity contribution in [2.45, 2.75) is 0 Å². The number of hydrogen-bond donors (Lipinski definition) is 0. The van der Waals surface area contributed by atoms with E-state index in [9.17, 15) is 14.9 Å². The van der Waals surface area contributed by atoms with Gasteiger partial charge in [-0.1, -0.05) is 18.2 Å². The van der Waals surface area contributed by atoms with Crippen LogP contribution in [-0.4, -0.2) is 16.5 Å². The summed E-state index contributed by atoms with van der Waals surface area (Å²) in [6, 6.07) is 14.5. The zero-order valence-electron chi connectivity index (χ0n) is 10.7. The van der Waals surface area contributed by atoms with Gasteiger partial charge in [0.15, 0.2) is 0 Å². The highest BCUT2D eigenvalue weighted by atomic mass is 35.5. The maximum absolute atomic E-state index is 11.4. The van der Waals surface area contributed by atoms with Gasteiger partial charge in [0, 0.05) is 12.1 Å². The summed E-state index contributed by atoms with van der Waals surface area (Å²) in [4.78, 5) is 21.5. The van der Waals surface area contributed by atoms with Crippen LogP contribution in [0.2, 0.25) is 0 Å². The molecule has 0 aliphatic heterocycles.